The van der Waals surface area contributed by atoms with Crippen molar-refractivity contribution in [3.05, 3.63) is 66.0 Å². The van der Waals surface area contributed by atoms with E-state index >= 15 is 0 Å². The van der Waals surface area contributed by atoms with Gasteiger partial charge in [0.05, 0.1) is 18.5 Å². The van der Waals surface area contributed by atoms with Gasteiger partial charge >= 0.3 is 5.97 Å². The molecular formula is C29H37ClN2O3. The minimum atomic E-state index is -0.522. The monoisotopic (exact) mass is 496 g/mol. The molecule has 1 aliphatic carbocycles. The first-order valence-electron chi connectivity index (χ1n) is 13.1. The predicted octanol–water partition coefficient (Wildman–Crippen LogP) is 1.64. The Morgan fingerprint density at radius 3 is 2.26 bits per heavy atom. The van der Waals surface area contributed by atoms with Crippen LogP contribution in [0.5, 0.6) is 0 Å². The van der Waals surface area contributed by atoms with E-state index in [1.165, 1.54) is 12.8 Å². The highest BCUT2D eigenvalue weighted by molar-refractivity contribution is 5.83. The number of piperidine rings is 3. The summed E-state index contributed by atoms with van der Waals surface area (Å²) in [7, 11) is 0. The zero-order valence-corrected chi connectivity index (χ0v) is 21.3. The van der Waals surface area contributed by atoms with Crippen LogP contribution in [-0.4, -0.2) is 53.5 Å². The summed E-state index contributed by atoms with van der Waals surface area (Å²) in [6.45, 7) is 3.35. The lowest BCUT2D eigenvalue weighted by molar-refractivity contribution is -0.939. The number of fused-ring (bicyclic) bond motifs is 3. The highest BCUT2D eigenvalue weighted by Crippen LogP contribution is 2.42. The molecule has 1 saturated carbocycles. The molecule has 5 nitrogen and oxygen atoms in total. The van der Waals surface area contributed by atoms with Crippen molar-refractivity contribution in [2.45, 2.75) is 69.3 Å². The van der Waals surface area contributed by atoms with Gasteiger partial charge in [-0.1, -0.05) is 56.0 Å². The Balaban J connectivity index is 0.00000289. The fourth-order valence-electron chi connectivity index (χ4n) is 6.69. The van der Waals surface area contributed by atoms with Crippen molar-refractivity contribution >= 4 is 11.8 Å². The van der Waals surface area contributed by atoms with E-state index in [9.17, 15) is 9.59 Å². The number of nitrogens with zero attached hydrogens (tertiary/aromatic N) is 2. The number of carbonyl (C=O) groups is 2. The van der Waals surface area contributed by atoms with Crippen molar-refractivity contribution < 1.29 is 31.2 Å². The van der Waals surface area contributed by atoms with E-state index in [0.717, 1.165) is 73.8 Å². The number of rotatable bonds is 7. The average Bonchev–Trinajstić information content (AvgIpc) is 3.13. The fourth-order valence-corrected chi connectivity index (χ4v) is 6.69. The first-order chi connectivity index (χ1) is 16.6. The van der Waals surface area contributed by atoms with Crippen molar-refractivity contribution in [2.75, 3.05) is 26.2 Å². The Morgan fingerprint density at radius 1 is 0.943 bits per heavy atom. The molecule has 4 heterocycles. The lowest BCUT2D eigenvalue weighted by Gasteiger charge is -2.52. The summed E-state index contributed by atoms with van der Waals surface area (Å²) < 4.78 is 7.20. The molecule has 1 atom stereocenters. The number of aromatic nitrogens is 1. The largest absolute Gasteiger partial charge is 1.00 e. The maximum absolute atomic E-state index is 13.9. The van der Waals surface area contributed by atoms with Crippen LogP contribution in [0.4, 0.5) is 0 Å². The zero-order chi connectivity index (χ0) is 23.4. The zero-order valence-electron chi connectivity index (χ0n) is 20.5. The molecule has 1 aromatic heterocycles. The summed E-state index contributed by atoms with van der Waals surface area (Å²) in [5.41, 5.74) is 1.61. The van der Waals surface area contributed by atoms with Crippen LogP contribution in [0.1, 0.15) is 62.5 Å². The normalized spacial score (nSPS) is 27.3. The van der Waals surface area contributed by atoms with Gasteiger partial charge in [0, 0.05) is 37.6 Å². The molecule has 1 aromatic carbocycles. The highest BCUT2D eigenvalue weighted by Gasteiger charge is 2.50. The molecule has 2 bridgehead atoms. The number of Topliss-reactive ketones (excluding diaryl/α,β-unsaturated/α-hetero) is 1. The number of quaternary nitrogens is 1. The molecule has 3 aliphatic heterocycles. The summed E-state index contributed by atoms with van der Waals surface area (Å²) in [5, 5.41) is 0. The number of benzene rings is 1. The second kappa shape index (κ2) is 11.2. The van der Waals surface area contributed by atoms with Crippen molar-refractivity contribution in [1.82, 2.24) is 4.98 Å². The molecule has 0 radical (unpaired) electrons. The quantitative estimate of drug-likeness (QED) is 0.332. The summed E-state index contributed by atoms with van der Waals surface area (Å²) in [6, 6.07) is 14.1. The fraction of sp³-hybridized carbons (Fsp3) is 0.552. The van der Waals surface area contributed by atoms with E-state index in [4.69, 9.17) is 4.74 Å². The van der Waals surface area contributed by atoms with Crippen LogP contribution in [0.2, 0.25) is 0 Å². The van der Waals surface area contributed by atoms with Crippen LogP contribution < -0.4 is 12.4 Å². The number of ketones is 1. The third-order valence-corrected chi connectivity index (χ3v) is 8.64. The SMILES string of the molecule is O=C(Cc1ccncc1)C[N+]12CCC(CC1)[C@@H](OC(=O)C1(c3ccccc3)CCCCCC1)C2.[Cl-]. The number of ether oxygens (including phenoxy) is 1. The second-order valence-electron chi connectivity index (χ2n) is 10.8. The number of hydrogen-bond acceptors (Lipinski definition) is 4. The summed E-state index contributed by atoms with van der Waals surface area (Å²) >= 11 is 0. The van der Waals surface area contributed by atoms with Gasteiger partial charge in [-0.25, -0.2) is 0 Å². The number of esters is 1. The van der Waals surface area contributed by atoms with Gasteiger partial charge in [-0.15, -0.1) is 0 Å². The lowest BCUT2D eigenvalue weighted by atomic mass is 9.74. The van der Waals surface area contributed by atoms with Gasteiger partial charge in [0.25, 0.3) is 0 Å². The summed E-state index contributed by atoms with van der Waals surface area (Å²) in [5.74, 6) is 0.666. The Bertz CT molecular complexity index is 982. The average molecular weight is 497 g/mol. The van der Waals surface area contributed by atoms with Crippen molar-refractivity contribution in [1.29, 1.82) is 0 Å². The third kappa shape index (κ3) is 5.62. The van der Waals surface area contributed by atoms with Crippen molar-refractivity contribution in [2.24, 2.45) is 5.92 Å². The molecule has 4 fully saturated rings. The Labute approximate surface area is 215 Å². The molecule has 188 valence electrons. The van der Waals surface area contributed by atoms with Gasteiger partial charge < -0.3 is 21.6 Å². The minimum Gasteiger partial charge on any atom is -1.00 e. The van der Waals surface area contributed by atoms with Crippen LogP contribution in [0, 0.1) is 5.92 Å². The Kier molecular flexibility index (Phi) is 8.28. The van der Waals surface area contributed by atoms with Crippen molar-refractivity contribution in [3.8, 4) is 0 Å². The van der Waals surface area contributed by atoms with Gasteiger partial charge in [0.2, 0.25) is 0 Å². The summed E-state index contributed by atoms with van der Waals surface area (Å²) in [6.07, 6.45) is 12.2. The van der Waals surface area contributed by atoms with Crippen LogP contribution in [0.25, 0.3) is 0 Å². The minimum absolute atomic E-state index is 0. The number of carbonyl (C=O) groups excluding carboxylic acids is 2. The standard InChI is InChI=1S/C29H37N2O3.ClH/c32-26(20-23-10-16-30-17-11-23)21-31-18-12-24(13-19-31)27(22-31)34-28(33)29(14-6-1-2-7-15-29)25-8-4-3-5-9-25;/h3-5,8-11,16-17,24,27H,1-2,6-7,12-15,18-22H2;1H/q+1;/p-1/t24?,27-,31?;/m0./s1. The molecule has 0 spiro atoms. The maximum atomic E-state index is 13.9. The van der Waals surface area contributed by atoms with Gasteiger partial charge in [-0.2, -0.15) is 0 Å². The van der Waals surface area contributed by atoms with Gasteiger partial charge in [-0.05, 0) is 36.1 Å². The van der Waals surface area contributed by atoms with E-state index in [0.29, 0.717) is 18.9 Å². The first kappa shape index (κ1) is 25.8. The van der Waals surface area contributed by atoms with E-state index in [1.807, 2.05) is 30.3 Å². The molecule has 6 heteroatoms. The number of pyridine rings is 1. The van der Waals surface area contributed by atoms with Crippen LogP contribution in [-0.2, 0) is 26.2 Å². The van der Waals surface area contributed by atoms with Crippen LogP contribution in [0.15, 0.2) is 54.9 Å². The maximum Gasteiger partial charge on any atom is 0.317 e. The second-order valence-corrected chi connectivity index (χ2v) is 10.8. The Morgan fingerprint density at radius 2 is 1.60 bits per heavy atom. The third-order valence-electron chi connectivity index (χ3n) is 8.64. The van der Waals surface area contributed by atoms with Gasteiger partial charge in [-0.3, -0.25) is 14.6 Å². The van der Waals surface area contributed by atoms with Crippen LogP contribution >= 0.6 is 0 Å². The molecule has 0 N–H and O–H groups in total. The van der Waals surface area contributed by atoms with Crippen LogP contribution in [0.3, 0.4) is 0 Å². The predicted molar refractivity (Wildman–Crippen MR) is 131 cm³/mol. The number of halogens is 1. The van der Waals surface area contributed by atoms with E-state index < -0.39 is 5.41 Å². The van der Waals surface area contributed by atoms with Gasteiger partial charge in [0.15, 0.2) is 11.9 Å². The molecule has 0 unspecified atom stereocenters. The summed E-state index contributed by atoms with van der Waals surface area (Å²) in [4.78, 5) is 30.9. The lowest BCUT2D eigenvalue weighted by Crippen LogP contribution is -3.00. The molecule has 0 amide bonds. The van der Waals surface area contributed by atoms with Gasteiger partial charge in [0.1, 0.15) is 13.1 Å². The van der Waals surface area contributed by atoms with E-state index in [1.54, 1.807) is 12.4 Å². The smallest absolute Gasteiger partial charge is 0.317 e. The van der Waals surface area contributed by atoms with E-state index in [2.05, 4.69) is 17.1 Å². The van der Waals surface area contributed by atoms with Crippen molar-refractivity contribution in [3.63, 3.8) is 0 Å². The molecule has 4 aliphatic rings. The first-order valence-corrected chi connectivity index (χ1v) is 13.1. The molecule has 35 heavy (non-hydrogen) atoms. The molecular weight excluding hydrogens is 460 g/mol. The highest BCUT2D eigenvalue weighted by atomic mass is 35.5. The topological polar surface area (TPSA) is 56.3 Å². The van der Waals surface area contributed by atoms with E-state index in [-0.39, 0.29) is 30.3 Å². The Hall–Kier alpha value is -2.24. The molecule has 3 saturated heterocycles. The number of hydrogen-bond donors (Lipinski definition) is 0. The molecule has 6 rings (SSSR count). The molecule has 2 aromatic rings.